The number of allylic oxidation sites excluding steroid dienone is 2. The largest absolute Gasteiger partial charge is 0.664 e. The summed E-state index contributed by atoms with van der Waals surface area (Å²) in [7, 11) is 0. The summed E-state index contributed by atoms with van der Waals surface area (Å²) in [5, 5.41) is 11.3. The van der Waals surface area contributed by atoms with Crippen molar-refractivity contribution in [2.45, 2.75) is 13.8 Å². The van der Waals surface area contributed by atoms with E-state index in [9.17, 15) is 0 Å². The summed E-state index contributed by atoms with van der Waals surface area (Å²) < 4.78 is 0. The molecule has 0 saturated carbocycles. The molecule has 0 amide bonds. The number of fused-ring (bicyclic) bond motifs is 3. The molecule has 0 aromatic heterocycles. The molecule has 2 aliphatic heterocycles. The van der Waals surface area contributed by atoms with Crippen LogP contribution in [0.5, 0.6) is 0 Å². The van der Waals surface area contributed by atoms with E-state index in [1.54, 1.807) is 0 Å². The van der Waals surface area contributed by atoms with Crippen LogP contribution in [0.25, 0.3) is 22.8 Å². The summed E-state index contributed by atoms with van der Waals surface area (Å²) in [5.41, 5.74) is 4.34. The van der Waals surface area contributed by atoms with Gasteiger partial charge in [-0.25, -0.2) is 0 Å². The average molecular weight is 400 g/mol. The molecule has 2 heterocycles. The van der Waals surface area contributed by atoms with Crippen molar-refractivity contribution in [2.75, 3.05) is 0 Å². The molecule has 0 fully saturated rings. The van der Waals surface area contributed by atoms with Crippen LogP contribution in [0.1, 0.15) is 13.8 Å². The Kier molecular flexibility index (Phi) is 3.23. The second-order valence-electron chi connectivity index (χ2n) is 4.23. The SMILES string of the molecule is CC1=C[N-]c2c3c(ccc2=C1)=CC(C)=C[N-]3.[Ir]. The van der Waals surface area contributed by atoms with Gasteiger partial charge in [0.15, 0.2) is 0 Å². The van der Waals surface area contributed by atoms with E-state index >= 15 is 0 Å². The molecule has 1 aromatic carbocycles. The van der Waals surface area contributed by atoms with Crippen molar-refractivity contribution in [1.29, 1.82) is 0 Å². The maximum Gasteiger partial charge on any atom is 0 e. The molecule has 0 atom stereocenters. The van der Waals surface area contributed by atoms with Crippen LogP contribution in [-0.4, -0.2) is 0 Å². The van der Waals surface area contributed by atoms with Gasteiger partial charge >= 0.3 is 0 Å². The van der Waals surface area contributed by atoms with Gasteiger partial charge < -0.3 is 10.6 Å². The summed E-state index contributed by atoms with van der Waals surface area (Å²) in [4.78, 5) is 0. The minimum atomic E-state index is 0. The normalized spacial score (nSPS) is 15.4. The maximum atomic E-state index is 4.48. The van der Waals surface area contributed by atoms with Crippen molar-refractivity contribution >= 4 is 23.5 Å². The molecular weight excluding hydrogens is 388 g/mol. The molecule has 2 aliphatic rings. The van der Waals surface area contributed by atoms with Crippen LogP contribution >= 0.6 is 0 Å². The number of benzene rings is 1. The fourth-order valence-electron chi connectivity index (χ4n) is 2.01. The smallest absolute Gasteiger partial charge is 0 e. The standard InChI is InChI=1S/C14H12N2.Ir/c1-9-5-11-3-4-12-6-10(2)8-16-14(12)13(11)15-7-9;/h3-8H,1-2H3;/q-2;. The molecule has 1 radical (unpaired) electrons. The third-order valence-electron chi connectivity index (χ3n) is 2.77. The minimum Gasteiger partial charge on any atom is -0.664 e. The zero-order chi connectivity index (χ0) is 11.1. The molecular formula is C14H12IrN2-2. The van der Waals surface area contributed by atoms with Gasteiger partial charge in [0.25, 0.3) is 0 Å². The number of nitrogens with zero attached hydrogens (tertiary/aromatic N) is 2. The van der Waals surface area contributed by atoms with Gasteiger partial charge in [0, 0.05) is 20.1 Å². The Balaban J connectivity index is 0.00000108. The molecule has 17 heavy (non-hydrogen) atoms. The monoisotopic (exact) mass is 401 g/mol. The molecule has 0 saturated heterocycles. The molecule has 0 spiro atoms. The van der Waals surface area contributed by atoms with Gasteiger partial charge in [-0.2, -0.15) is 12.4 Å². The Hall–Kier alpha value is -1.31. The molecule has 3 heteroatoms. The van der Waals surface area contributed by atoms with Crippen LogP contribution in [0.4, 0.5) is 11.4 Å². The molecule has 0 aliphatic carbocycles. The van der Waals surface area contributed by atoms with E-state index in [1.807, 2.05) is 12.4 Å². The third kappa shape index (κ3) is 2.08. The first-order valence-corrected chi connectivity index (χ1v) is 5.36. The number of hydrogen-bond donors (Lipinski definition) is 0. The van der Waals surface area contributed by atoms with E-state index in [0.717, 1.165) is 21.8 Å². The van der Waals surface area contributed by atoms with Crippen LogP contribution in [0, 0.1) is 0 Å². The molecule has 0 N–H and O–H groups in total. The van der Waals surface area contributed by atoms with Crippen LogP contribution < -0.4 is 10.4 Å². The van der Waals surface area contributed by atoms with Gasteiger partial charge in [-0.1, -0.05) is 35.4 Å². The van der Waals surface area contributed by atoms with Gasteiger partial charge in [-0.05, 0) is 24.3 Å². The molecule has 0 bridgehead atoms. The molecule has 2 nitrogen and oxygen atoms in total. The van der Waals surface area contributed by atoms with Gasteiger partial charge in [-0.3, -0.25) is 0 Å². The summed E-state index contributed by atoms with van der Waals surface area (Å²) in [5.74, 6) is 0. The Morgan fingerprint density at radius 1 is 0.765 bits per heavy atom. The van der Waals surface area contributed by atoms with Crippen LogP contribution in [-0.2, 0) is 20.1 Å². The van der Waals surface area contributed by atoms with Crippen molar-refractivity contribution in [3.63, 3.8) is 0 Å². The zero-order valence-corrected chi connectivity index (χ0v) is 12.1. The Morgan fingerprint density at radius 2 is 1.18 bits per heavy atom. The predicted octanol–water partition coefficient (Wildman–Crippen LogP) is 3.09. The fraction of sp³-hybridized carbons (Fsp3) is 0.143. The molecule has 1 aromatic rings. The Bertz CT molecular complexity index is 582. The van der Waals surface area contributed by atoms with E-state index in [0.29, 0.717) is 0 Å². The zero-order valence-electron chi connectivity index (χ0n) is 9.69. The third-order valence-corrected chi connectivity index (χ3v) is 2.77. The number of hydrogen-bond acceptors (Lipinski definition) is 0. The quantitative estimate of drug-likeness (QED) is 0.640. The van der Waals surface area contributed by atoms with Crippen molar-refractivity contribution in [3.8, 4) is 0 Å². The average Bonchev–Trinajstić information content (AvgIpc) is 2.28. The summed E-state index contributed by atoms with van der Waals surface area (Å²) in [6.07, 6.45) is 8.07. The van der Waals surface area contributed by atoms with Crippen molar-refractivity contribution in [3.05, 3.63) is 56.7 Å². The van der Waals surface area contributed by atoms with Gasteiger partial charge in [-0.15, -0.1) is 11.4 Å². The second-order valence-corrected chi connectivity index (χ2v) is 4.23. The fourth-order valence-corrected chi connectivity index (χ4v) is 2.01. The first-order chi connectivity index (χ1) is 7.74. The summed E-state index contributed by atoms with van der Waals surface area (Å²) in [6, 6.07) is 4.22. The van der Waals surface area contributed by atoms with E-state index < -0.39 is 0 Å². The first kappa shape index (κ1) is 12.2. The van der Waals surface area contributed by atoms with Crippen molar-refractivity contribution in [2.24, 2.45) is 0 Å². The molecule has 3 rings (SSSR count). The Morgan fingerprint density at radius 3 is 1.59 bits per heavy atom. The van der Waals surface area contributed by atoms with Gasteiger partial charge in [0.05, 0.1) is 0 Å². The van der Waals surface area contributed by atoms with Gasteiger partial charge in [0.1, 0.15) is 0 Å². The predicted molar refractivity (Wildman–Crippen MR) is 68.2 cm³/mol. The first-order valence-electron chi connectivity index (χ1n) is 5.36. The van der Waals surface area contributed by atoms with Crippen LogP contribution in [0.3, 0.4) is 0 Å². The van der Waals surface area contributed by atoms with Crippen molar-refractivity contribution in [1.82, 2.24) is 0 Å². The maximum absolute atomic E-state index is 4.48. The second kappa shape index (κ2) is 4.52. The van der Waals surface area contributed by atoms with Gasteiger partial charge in [0.2, 0.25) is 0 Å². The van der Waals surface area contributed by atoms with E-state index in [1.165, 1.54) is 11.1 Å². The van der Waals surface area contributed by atoms with Crippen LogP contribution in [0.15, 0.2) is 35.7 Å². The summed E-state index contributed by atoms with van der Waals surface area (Å²) >= 11 is 0. The molecule has 0 unspecified atom stereocenters. The van der Waals surface area contributed by atoms with Crippen molar-refractivity contribution < 1.29 is 20.1 Å². The van der Waals surface area contributed by atoms with E-state index in [2.05, 4.69) is 48.8 Å². The van der Waals surface area contributed by atoms with E-state index in [4.69, 9.17) is 0 Å². The molecule has 89 valence electrons. The number of rotatable bonds is 0. The minimum absolute atomic E-state index is 0. The topological polar surface area (TPSA) is 28.2 Å². The Labute approximate surface area is 114 Å². The summed E-state index contributed by atoms with van der Waals surface area (Å²) in [6.45, 7) is 4.11. The van der Waals surface area contributed by atoms with Crippen LogP contribution in [0.2, 0.25) is 0 Å². The van der Waals surface area contributed by atoms with E-state index in [-0.39, 0.29) is 20.1 Å².